The summed E-state index contributed by atoms with van der Waals surface area (Å²) in [7, 11) is 0. The first-order valence-corrected chi connectivity index (χ1v) is 3.40. The van der Waals surface area contributed by atoms with Gasteiger partial charge < -0.3 is 4.74 Å². The van der Waals surface area contributed by atoms with E-state index in [4.69, 9.17) is 0 Å². The third-order valence-corrected chi connectivity index (χ3v) is 1.30. The predicted molar refractivity (Wildman–Crippen MR) is 37.9 cm³/mol. The molecule has 1 aliphatic heterocycles. The van der Waals surface area contributed by atoms with Crippen LogP contribution < -0.4 is 0 Å². The fourth-order valence-electron chi connectivity index (χ4n) is 0.805. The summed E-state index contributed by atoms with van der Waals surface area (Å²) < 4.78 is 4.62. The molecule has 0 saturated heterocycles. The van der Waals surface area contributed by atoms with Crippen molar-refractivity contribution in [1.29, 1.82) is 0 Å². The van der Waals surface area contributed by atoms with Crippen molar-refractivity contribution < 1.29 is 14.3 Å². The van der Waals surface area contributed by atoms with Crippen molar-refractivity contribution in [3.8, 4) is 0 Å². The fraction of sp³-hybridized carbons (Fsp3) is 0.429. The van der Waals surface area contributed by atoms with Gasteiger partial charge in [0.1, 0.15) is 0 Å². The van der Waals surface area contributed by atoms with Gasteiger partial charge in [-0.05, 0) is 6.92 Å². The molecule has 0 radical (unpaired) electrons. The second-order valence-corrected chi connectivity index (χ2v) is 2.05. The molecule has 1 aliphatic rings. The third kappa shape index (κ3) is 1.58. The highest BCUT2D eigenvalue weighted by Crippen LogP contribution is 2.02. The summed E-state index contributed by atoms with van der Waals surface area (Å²) in [6.07, 6.45) is 2.42. The van der Waals surface area contributed by atoms with E-state index in [1.807, 2.05) is 0 Å². The number of hydrogen-bond donors (Lipinski definition) is 0. The second kappa shape index (κ2) is 3.18. The largest absolute Gasteiger partial charge is 0.449 e. The van der Waals surface area contributed by atoms with E-state index in [2.05, 4.69) is 4.74 Å². The second-order valence-electron chi connectivity index (χ2n) is 2.05. The van der Waals surface area contributed by atoms with E-state index in [0.717, 1.165) is 4.90 Å². The molecule has 0 spiro atoms. The molecule has 1 heterocycles. The number of rotatable bonds is 1. The highest BCUT2D eigenvalue weighted by atomic mass is 16.6. The van der Waals surface area contributed by atoms with Gasteiger partial charge in [0.15, 0.2) is 0 Å². The molecule has 60 valence electrons. The summed E-state index contributed by atoms with van der Waals surface area (Å²) in [5, 5.41) is 0. The Hall–Kier alpha value is -1.32. The van der Waals surface area contributed by atoms with Crippen molar-refractivity contribution in [2.24, 2.45) is 0 Å². The first-order chi connectivity index (χ1) is 5.25. The zero-order chi connectivity index (χ0) is 8.27. The van der Waals surface area contributed by atoms with Gasteiger partial charge in [-0.2, -0.15) is 0 Å². The molecule has 11 heavy (non-hydrogen) atoms. The Balaban J connectivity index is 2.49. The number of ether oxygens (including phenoxy) is 1. The standard InChI is InChI=1S/C7H9NO3/c1-2-11-7(10)8-5-3-4-6(8)9/h3-4H,2,5H2,1H3. The number of carbonyl (C=O) groups excluding carboxylic acids is 2. The van der Waals surface area contributed by atoms with E-state index in [-0.39, 0.29) is 5.91 Å². The highest BCUT2D eigenvalue weighted by molar-refractivity contribution is 6.00. The first kappa shape index (κ1) is 7.78. The molecule has 2 amide bonds. The van der Waals surface area contributed by atoms with E-state index in [1.165, 1.54) is 6.08 Å². The number of hydrogen-bond acceptors (Lipinski definition) is 3. The van der Waals surface area contributed by atoms with Crippen LogP contribution in [0.15, 0.2) is 12.2 Å². The molecule has 0 fully saturated rings. The molecule has 0 N–H and O–H groups in total. The van der Waals surface area contributed by atoms with E-state index in [9.17, 15) is 9.59 Å². The topological polar surface area (TPSA) is 46.6 Å². The SMILES string of the molecule is CCOC(=O)N1CC=CC1=O. The van der Waals surface area contributed by atoms with Gasteiger partial charge in [-0.1, -0.05) is 6.08 Å². The molecule has 1 rings (SSSR count). The zero-order valence-electron chi connectivity index (χ0n) is 6.24. The van der Waals surface area contributed by atoms with Gasteiger partial charge in [-0.25, -0.2) is 9.69 Å². The minimum absolute atomic E-state index is 0.294. The van der Waals surface area contributed by atoms with E-state index >= 15 is 0 Å². The minimum atomic E-state index is -0.567. The van der Waals surface area contributed by atoms with Crippen LogP contribution in [0.4, 0.5) is 4.79 Å². The number of amides is 2. The molecule has 0 saturated carbocycles. The summed E-state index contributed by atoms with van der Waals surface area (Å²) in [4.78, 5) is 22.8. The summed E-state index contributed by atoms with van der Waals surface area (Å²) in [5.41, 5.74) is 0. The van der Waals surface area contributed by atoms with Crippen LogP contribution in [0.3, 0.4) is 0 Å². The molecule has 4 heteroatoms. The lowest BCUT2D eigenvalue weighted by Gasteiger charge is -2.11. The van der Waals surface area contributed by atoms with Crippen LogP contribution in [-0.2, 0) is 9.53 Å². The minimum Gasteiger partial charge on any atom is -0.449 e. The van der Waals surface area contributed by atoms with E-state index in [1.54, 1.807) is 13.0 Å². The quantitative estimate of drug-likeness (QED) is 0.555. The van der Waals surface area contributed by atoms with Crippen LogP contribution >= 0.6 is 0 Å². The van der Waals surface area contributed by atoms with Gasteiger partial charge in [-0.3, -0.25) is 4.79 Å². The average Bonchev–Trinajstić information content (AvgIpc) is 2.36. The van der Waals surface area contributed by atoms with Crippen molar-refractivity contribution in [2.75, 3.05) is 13.2 Å². The van der Waals surface area contributed by atoms with Crippen LogP contribution in [0.1, 0.15) is 6.92 Å². The van der Waals surface area contributed by atoms with Gasteiger partial charge >= 0.3 is 6.09 Å². The molecular formula is C7H9NO3. The predicted octanol–water partition coefficient (Wildman–Crippen LogP) is 0.541. The van der Waals surface area contributed by atoms with Gasteiger partial charge in [0.05, 0.1) is 13.2 Å². The summed E-state index contributed by atoms with van der Waals surface area (Å²) in [5.74, 6) is -0.302. The summed E-state index contributed by atoms with van der Waals surface area (Å²) >= 11 is 0. The van der Waals surface area contributed by atoms with Gasteiger partial charge in [0.2, 0.25) is 0 Å². The first-order valence-electron chi connectivity index (χ1n) is 3.40. The maximum Gasteiger partial charge on any atom is 0.417 e. The normalized spacial score (nSPS) is 15.7. The monoisotopic (exact) mass is 155 g/mol. The maximum absolute atomic E-state index is 10.9. The van der Waals surface area contributed by atoms with Crippen molar-refractivity contribution in [2.45, 2.75) is 6.92 Å². The van der Waals surface area contributed by atoms with Crippen LogP contribution in [0.5, 0.6) is 0 Å². The zero-order valence-corrected chi connectivity index (χ0v) is 6.24. The van der Waals surface area contributed by atoms with Crippen LogP contribution in [0.25, 0.3) is 0 Å². The summed E-state index contributed by atoms with van der Waals surface area (Å²) in [6.45, 7) is 2.33. The lowest BCUT2D eigenvalue weighted by molar-refractivity contribution is -0.123. The Labute approximate surface area is 64.4 Å². The van der Waals surface area contributed by atoms with Crippen molar-refractivity contribution in [3.05, 3.63) is 12.2 Å². The summed E-state index contributed by atoms with van der Waals surface area (Å²) in [6, 6.07) is 0. The van der Waals surface area contributed by atoms with Crippen molar-refractivity contribution >= 4 is 12.0 Å². The van der Waals surface area contributed by atoms with Gasteiger partial charge in [0.25, 0.3) is 5.91 Å². The smallest absolute Gasteiger partial charge is 0.417 e. The number of imide groups is 1. The molecule has 0 aromatic rings. The lowest BCUT2D eigenvalue weighted by atomic mass is 10.6. The van der Waals surface area contributed by atoms with E-state index in [0.29, 0.717) is 13.2 Å². The molecule has 0 unspecified atom stereocenters. The van der Waals surface area contributed by atoms with Crippen LogP contribution in [0, 0.1) is 0 Å². The Kier molecular flexibility index (Phi) is 2.25. The Morgan fingerprint density at radius 2 is 2.55 bits per heavy atom. The number of nitrogens with zero attached hydrogens (tertiary/aromatic N) is 1. The lowest BCUT2D eigenvalue weighted by Crippen LogP contribution is -2.32. The Morgan fingerprint density at radius 3 is 3.00 bits per heavy atom. The molecular weight excluding hydrogens is 146 g/mol. The molecule has 4 nitrogen and oxygen atoms in total. The van der Waals surface area contributed by atoms with Gasteiger partial charge in [0, 0.05) is 6.08 Å². The highest BCUT2D eigenvalue weighted by Gasteiger charge is 2.22. The van der Waals surface area contributed by atoms with Crippen molar-refractivity contribution in [3.63, 3.8) is 0 Å². The van der Waals surface area contributed by atoms with Crippen molar-refractivity contribution in [1.82, 2.24) is 4.90 Å². The Morgan fingerprint density at radius 1 is 1.82 bits per heavy atom. The molecule has 0 aliphatic carbocycles. The molecule has 0 atom stereocenters. The maximum atomic E-state index is 10.9. The fourth-order valence-corrected chi connectivity index (χ4v) is 0.805. The Bertz CT molecular complexity index is 210. The van der Waals surface area contributed by atoms with Crippen LogP contribution in [-0.4, -0.2) is 30.1 Å². The number of carbonyl (C=O) groups is 2. The average molecular weight is 155 g/mol. The van der Waals surface area contributed by atoms with E-state index < -0.39 is 6.09 Å². The van der Waals surface area contributed by atoms with Crippen LogP contribution in [0.2, 0.25) is 0 Å². The molecule has 0 bridgehead atoms. The van der Waals surface area contributed by atoms with Gasteiger partial charge in [-0.15, -0.1) is 0 Å². The molecule has 0 aromatic heterocycles. The third-order valence-electron chi connectivity index (χ3n) is 1.30. The molecule has 0 aromatic carbocycles.